The number of hydrogen-bond donors (Lipinski definition) is 2. The van der Waals surface area contributed by atoms with Crippen molar-refractivity contribution in [3.8, 4) is 5.75 Å². The first-order valence-electron chi connectivity index (χ1n) is 8.12. The Morgan fingerprint density at radius 3 is 2.42 bits per heavy atom. The molecule has 2 rings (SSSR count). The monoisotopic (exact) mass is 374 g/mol. The third-order valence-corrected chi connectivity index (χ3v) is 5.18. The predicted molar refractivity (Wildman–Crippen MR) is 103 cm³/mol. The van der Waals surface area contributed by atoms with Crippen molar-refractivity contribution < 1.29 is 19.1 Å². The van der Waals surface area contributed by atoms with Gasteiger partial charge in [0.05, 0.1) is 13.0 Å². The van der Waals surface area contributed by atoms with E-state index < -0.39 is 11.9 Å². The van der Waals surface area contributed by atoms with Crippen LogP contribution in [0.25, 0.3) is 10.8 Å². The molecule has 0 aliphatic heterocycles. The lowest BCUT2D eigenvalue weighted by atomic mass is 9.99. The molecule has 0 aromatic heterocycles. The van der Waals surface area contributed by atoms with Crippen LogP contribution in [0.4, 0.5) is 0 Å². The van der Waals surface area contributed by atoms with E-state index in [2.05, 4.69) is 5.32 Å². The van der Waals surface area contributed by atoms with Crippen molar-refractivity contribution in [2.24, 2.45) is 5.73 Å². The number of methoxy groups -OCH3 is 1. The highest BCUT2D eigenvalue weighted by Gasteiger charge is 2.22. The van der Waals surface area contributed by atoms with E-state index in [4.69, 9.17) is 10.5 Å². The van der Waals surface area contributed by atoms with Crippen LogP contribution in [-0.4, -0.2) is 35.8 Å². The molecule has 0 radical (unpaired) electrons. The fourth-order valence-corrected chi connectivity index (χ4v) is 3.47. The van der Waals surface area contributed by atoms with Gasteiger partial charge in [0.15, 0.2) is 5.12 Å². The van der Waals surface area contributed by atoms with Gasteiger partial charge in [-0.25, -0.2) is 0 Å². The Balaban J connectivity index is 2.08. The van der Waals surface area contributed by atoms with Gasteiger partial charge in [0.1, 0.15) is 11.8 Å². The molecule has 2 atom stereocenters. The summed E-state index contributed by atoms with van der Waals surface area (Å²) in [6.45, 7) is 3.12. The van der Waals surface area contributed by atoms with Gasteiger partial charge < -0.3 is 15.8 Å². The van der Waals surface area contributed by atoms with E-state index >= 15 is 0 Å². The molecule has 2 unspecified atom stereocenters. The molecule has 0 spiro atoms. The average molecular weight is 374 g/mol. The van der Waals surface area contributed by atoms with Crippen LogP contribution in [0.5, 0.6) is 5.75 Å². The molecule has 138 valence electrons. The molecular formula is C19H22N2O4S. The first-order chi connectivity index (χ1) is 12.3. The lowest BCUT2D eigenvalue weighted by Crippen LogP contribution is -2.45. The molecule has 2 aromatic carbocycles. The second kappa shape index (κ2) is 8.71. The molecule has 6 nitrogen and oxygen atoms in total. The lowest BCUT2D eigenvalue weighted by molar-refractivity contribution is -0.125. The molecule has 0 fully saturated rings. The van der Waals surface area contributed by atoms with Crippen LogP contribution in [0.2, 0.25) is 0 Å². The molecule has 0 saturated carbocycles. The summed E-state index contributed by atoms with van der Waals surface area (Å²) >= 11 is 0.995. The summed E-state index contributed by atoms with van der Waals surface area (Å²) < 4.78 is 5.21. The summed E-state index contributed by atoms with van der Waals surface area (Å²) in [5.74, 6) is -0.478. The molecule has 26 heavy (non-hydrogen) atoms. The number of thioether (sulfide) groups is 1. The number of nitrogens with two attached hydrogens (primary N) is 1. The van der Waals surface area contributed by atoms with Crippen molar-refractivity contribution in [2.45, 2.75) is 25.8 Å². The number of rotatable bonds is 7. The number of amides is 2. The molecule has 0 aliphatic rings. The Morgan fingerprint density at radius 1 is 1.15 bits per heavy atom. The number of nitrogens with one attached hydrogen (secondary N) is 1. The van der Waals surface area contributed by atoms with Gasteiger partial charge in [-0.3, -0.25) is 14.4 Å². The number of ether oxygens (including phenoxy) is 1. The Hall–Kier alpha value is -2.54. The second-order valence-electron chi connectivity index (χ2n) is 5.98. The average Bonchev–Trinajstić information content (AvgIpc) is 2.62. The first-order valence-corrected chi connectivity index (χ1v) is 9.11. The topological polar surface area (TPSA) is 98.5 Å². The number of hydrogen-bond acceptors (Lipinski definition) is 5. The van der Waals surface area contributed by atoms with Crippen molar-refractivity contribution >= 4 is 39.5 Å². The van der Waals surface area contributed by atoms with Crippen LogP contribution in [0.15, 0.2) is 36.4 Å². The van der Waals surface area contributed by atoms with E-state index in [1.807, 2.05) is 43.3 Å². The summed E-state index contributed by atoms with van der Waals surface area (Å²) in [5, 5.41) is 4.40. The second-order valence-corrected chi connectivity index (χ2v) is 7.00. The normalized spacial score (nSPS) is 13.0. The van der Waals surface area contributed by atoms with Gasteiger partial charge in [0, 0.05) is 12.7 Å². The minimum Gasteiger partial charge on any atom is -0.497 e. The Kier molecular flexibility index (Phi) is 6.63. The largest absolute Gasteiger partial charge is 0.497 e. The van der Waals surface area contributed by atoms with E-state index in [9.17, 15) is 14.4 Å². The minimum absolute atomic E-state index is 0.0885. The predicted octanol–water partition coefficient (Wildman–Crippen LogP) is 2.20. The molecule has 0 saturated heterocycles. The smallest absolute Gasteiger partial charge is 0.240 e. The number of primary amides is 1. The van der Waals surface area contributed by atoms with Gasteiger partial charge in [-0.15, -0.1) is 0 Å². The SMILES string of the molecule is COc1ccc2cc(C(C)C(=O)SCC(NC(C)=O)C(N)=O)ccc2c1. The van der Waals surface area contributed by atoms with E-state index in [1.54, 1.807) is 7.11 Å². The third-order valence-electron chi connectivity index (χ3n) is 4.04. The fraction of sp³-hybridized carbons (Fsp3) is 0.316. The number of carbonyl (C=O) groups excluding carboxylic acids is 3. The maximum atomic E-state index is 12.5. The van der Waals surface area contributed by atoms with Gasteiger partial charge in [-0.1, -0.05) is 43.0 Å². The highest BCUT2D eigenvalue weighted by molar-refractivity contribution is 8.13. The van der Waals surface area contributed by atoms with Gasteiger partial charge >= 0.3 is 0 Å². The van der Waals surface area contributed by atoms with Crippen molar-refractivity contribution in [3.05, 3.63) is 42.0 Å². The molecule has 2 amide bonds. The molecule has 3 N–H and O–H groups in total. The van der Waals surface area contributed by atoms with Crippen molar-refractivity contribution in [1.29, 1.82) is 0 Å². The first kappa shape index (κ1) is 19.8. The number of carbonyl (C=O) groups is 3. The molecule has 0 bridgehead atoms. The Morgan fingerprint density at radius 2 is 1.81 bits per heavy atom. The molecule has 2 aromatic rings. The summed E-state index contributed by atoms with van der Waals surface area (Å²) in [5.41, 5.74) is 6.14. The number of benzene rings is 2. The van der Waals surface area contributed by atoms with Gasteiger partial charge in [0.2, 0.25) is 11.8 Å². The molecule has 7 heteroatoms. The van der Waals surface area contributed by atoms with Crippen LogP contribution >= 0.6 is 11.8 Å². The van der Waals surface area contributed by atoms with Crippen LogP contribution in [0, 0.1) is 0 Å². The van der Waals surface area contributed by atoms with Crippen LogP contribution in [0.3, 0.4) is 0 Å². The van der Waals surface area contributed by atoms with Gasteiger partial charge in [-0.05, 0) is 28.5 Å². The maximum absolute atomic E-state index is 12.5. The highest BCUT2D eigenvalue weighted by Crippen LogP contribution is 2.28. The lowest BCUT2D eigenvalue weighted by Gasteiger charge is -2.16. The van der Waals surface area contributed by atoms with Crippen LogP contribution in [0.1, 0.15) is 25.3 Å². The van der Waals surface area contributed by atoms with Crippen LogP contribution < -0.4 is 15.8 Å². The van der Waals surface area contributed by atoms with Crippen molar-refractivity contribution in [1.82, 2.24) is 5.32 Å². The summed E-state index contributed by atoms with van der Waals surface area (Å²) in [6.07, 6.45) is 0. The summed E-state index contributed by atoms with van der Waals surface area (Å²) in [6, 6.07) is 10.7. The van der Waals surface area contributed by atoms with Crippen molar-refractivity contribution in [2.75, 3.05) is 12.9 Å². The quantitative estimate of drug-likeness (QED) is 0.774. The maximum Gasteiger partial charge on any atom is 0.240 e. The molecule has 0 aliphatic carbocycles. The fourth-order valence-electron chi connectivity index (χ4n) is 2.51. The van der Waals surface area contributed by atoms with E-state index in [1.165, 1.54) is 6.92 Å². The molecule has 0 heterocycles. The van der Waals surface area contributed by atoms with E-state index in [-0.39, 0.29) is 22.7 Å². The van der Waals surface area contributed by atoms with E-state index in [0.717, 1.165) is 33.8 Å². The Labute approximate surface area is 156 Å². The van der Waals surface area contributed by atoms with Crippen LogP contribution in [-0.2, 0) is 14.4 Å². The summed E-state index contributed by atoms with van der Waals surface area (Å²) in [7, 11) is 1.62. The number of fused-ring (bicyclic) bond motifs is 1. The minimum atomic E-state index is -0.863. The Bertz CT molecular complexity index is 837. The highest BCUT2D eigenvalue weighted by atomic mass is 32.2. The zero-order chi connectivity index (χ0) is 19.3. The van der Waals surface area contributed by atoms with Gasteiger partial charge in [0.25, 0.3) is 0 Å². The molecular weight excluding hydrogens is 352 g/mol. The third kappa shape index (κ3) is 4.98. The van der Waals surface area contributed by atoms with Gasteiger partial charge in [-0.2, -0.15) is 0 Å². The zero-order valence-corrected chi connectivity index (χ0v) is 15.8. The standard InChI is InChI=1S/C19H22N2O4S/c1-11(19(24)26-10-17(18(20)23)21-12(2)22)13-4-5-15-9-16(25-3)7-6-14(15)8-13/h4-9,11,17H,10H2,1-3H3,(H2,20,23)(H,21,22). The summed E-state index contributed by atoms with van der Waals surface area (Å²) in [4.78, 5) is 34.9. The van der Waals surface area contributed by atoms with E-state index in [0.29, 0.717) is 0 Å². The van der Waals surface area contributed by atoms with Crippen molar-refractivity contribution in [3.63, 3.8) is 0 Å². The zero-order valence-electron chi connectivity index (χ0n) is 14.9.